The second-order valence-corrected chi connectivity index (χ2v) is 2.13. The van der Waals surface area contributed by atoms with Gasteiger partial charge in [0.15, 0.2) is 0 Å². The quantitative estimate of drug-likeness (QED) is 0.733. The number of nitrogens with one attached hydrogen (secondary N) is 1. The monoisotopic (exact) mass is 195 g/mol. The lowest BCUT2D eigenvalue weighted by Gasteiger charge is -1.99. The van der Waals surface area contributed by atoms with Crippen LogP contribution in [0.2, 0.25) is 0 Å². The van der Waals surface area contributed by atoms with Crippen LogP contribution < -0.4 is 5.32 Å². The fraction of sp³-hybridized carbons (Fsp3) is 0.417. The molecule has 2 heteroatoms. The Balaban J connectivity index is 0. The van der Waals surface area contributed by atoms with Gasteiger partial charge in [0.1, 0.15) is 6.29 Å². The molecule has 0 atom stereocenters. The summed E-state index contributed by atoms with van der Waals surface area (Å²) < 4.78 is 0. The Morgan fingerprint density at radius 1 is 1.21 bits per heavy atom. The van der Waals surface area contributed by atoms with Gasteiger partial charge in [-0.2, -0.15) is 0 Å². The van der Waals surface area contributed by atoms with Crippen LogP contribution in [0.3, 0.4) is 0 Å². The molecule has 1 aromatic carbocycles. The fourth-order valence-electron chi connectivity index (χ4n) is 0.760. The van der Waals surface area contributed by atoms with E-state index in [4.69, 9.17) is 4.79 Å². The Labute approximate surface area is 87.3 Å². The molecule has 2 nitrogen and oxygen atoms in total. The lowest BCUT2D eigenvalue weighted by molar-refractivity contribution is -0.106. The molecule has 80 valence electrons. The SMILES string of the molecule is CC.CC=O.CCNc1ccccc1. The van der Waals surface area contributed by atoms with Crippen LogP contribution in [-0.2, 0) is 4.79 Å². The maximum atomic E-state index is 8.81. The van der Waals surface area contributed by atoms with Crippen molar-refractivity contribution in [1.82, 2.24) is 0 Å². The normalized spacial score (nSPS) is 7.14. The highest BCUT2D eigenvalue weighted by atomic mass is 16.1. The summed E-state index contributed by atoms with van der Waals surface area (Å²) in [5.41, 5.74) is 1.19. The van der Waals surface area contributed by atoms with E-state index in [0.717, 1.165) is 12.8 Å². The molecule has 14 heavy (non-hydrogen) atoms. The predicted molar refractivity (Wildman–Crippen MR) is 63.7 cm³/mol. The van der Waals surface area contributed by atoms with Crippen molar-refractivity contribution < 1.29 is 4.79 Å². The van der Waals surface area contributed by atoms with Gasteiger partial charge in [-0.25, -0.2) is 0 Å². The number of benzene rings is 1. The summed E-state index contributed by atoms with van der Waals surface area (Å²) in [4.78, 5) is 8.81. The number of hydrogen-bond donors (Lipinski definition) is 1. The smallest absolute Gasteiger partial charge is 0.116 e. The van der Waals surface area contributed by atoms with Gasteiger partial charge >= 0.3 is 0 Å². The molecular formula is C12H21NO. The molecule has 0 aliphatic carbocycles. The number of carbonyl (C=O) groups is 1. The van der Waals surface area contributed by atoms with Gasteiger partial charge in [0, 0.05) is 12.2 Å². The van der Waals surface area contributed by atoms with E-state index in [1.165, 1.54) is 12.6 Å². The first-order valence-corrected chi connectivity index (χ1v) is 5.03. The number of carbonyl (C=O) groups excluding carboxylic acids is 1. The van der Waals surface area contributed by atoms with Crippen LogP contribution in [0.25, 0.3) is 0 Å². The van der Waals surface area contributed by atoms with Crippen molar-refractivity contribution in [3.8, 4) is 0 Å². The summed E-state index contributed by atoms with van der Waals surface area (Å²) in [6, 6.07) is 10.2. The second-order valence-electron chi connectivity index (χ2n) is 2.13. The standard InChI is InChI=1S/C8H11N.C2H4O.C2H6/c1-2-9-8-6-4-3-5-7-8;1-2-3;1-2/h3-7,9H,2H2,1H3;2H,1H3;1-2H3. The number of aldehydes is 1. The van der Waals surface area contributed by atoms with Crippen molar-refractivity contribution >= 4 is 12.0 Å². The van der Waals surface area contributed by atoms with Gasteiger partial charge in [-0.1, -0.05) is 32.0 Å². The molecule has 0 fully saturated rings. The van der Waals surface area contributed by atoms with Crippen LogP contribution in [0.4, 0.5) is 5.69 Å². The first-order valence-electron chi connectivity index (χ1n) is 5.03. The third-order valence-corrected chi connectivity index (χ3v) is 1.15. The molecule has 0 saturated carbocycles. The summed E-state index contributed by atoms with van der Waals surface area (Å²) in [6.07, 6.45) is 0.750. The van der Waals surface area contributed by atoms with E-state index in [0.29, 0.717) is 0 Å². The Bertz CT molecular complexity index is 197. The second kappa shape index (κ2) is 14.2. The highest BCUT2D eigenvalue weighted by Gasteiger charge is 1.81. The summed E-state index contributed by atoms with van der Waals surface area (Å²) >= 11 is 0. The maximum Gasteiger partial charge on any atom is 0.116 e. The van der Waals surface area contributed by atoms with Crippen molar-refractivity contribution in [2.75, 3.05) is 11.9 Å². The van der Waals surface area contributed by atoms with Gasteiger partial charge in [0.05, 0.1) is 0 Å². The number of anilines is 1. The lowest BCUT2D eigenvalue weighted by Crippen LogP contribution is -1.94. The number of hydrogen-bond acceptors (Lipinski definition) is 2. The lowest BCUT2D eigenvalue weighted by atomic mass is 10.3. The van der Waals surface area contributed by atoms with Gasteiger partial charge in [0.25, 0.3) is 0 Å². The zero-order chi connectivity index (χ0) is 11.2. The van der Waals surface area contributed by atoms with E-state index >= 15 is 0 Å². The molecular weight excluding hydrogens is 174 g/mol. The largest absolute Gasteiger partial charge is 0.385 e. The third kappa shape index (κ3) is 10.7. The predicted octanol–water partition coefficient (Wildman–Crippen LogP) is 3.35. The van der Waals surface area contributed by atoms with Crippen molar-refractivity contribution in [2.45, 2.75) is 27.7 Å². The minimum Gasteiger partial charge on any atom is -0.385 e. The van der Waals surface area contributed by atoms with E-state index in [9.17, 15) is 0 Å². The van der Waals surface area contributed by atoms with E-state index < -0.39 is 0 Å². The molecule has 1 rings (SSSR count). The zero-order valence-electron chi connectivity index (χ0n) is 9.58. The van der Waals surface area contributed by atoms with Crippen LogP contribution in [0.15, 0.2) is 30.3 Å². The van der Waals surface area contributed by atoms with Crippen molar-refractivity contribution in [2.24, 2.45) is 0 Å². The molecule has 0 aliphatic rings. The third-order valence-electron chi connectivity index (χ3n) is 1.15. The van der Waals surface area contributed by atoms with E-state index in [1.54, 1.807) is 0 Å². The highest BCUT2D eigenvalue weighted by molar-refractivity contribution is 5.44. The molecule has 0 aromatic heterocycles. The van der Waals surface area contributed by atoms with Gasteiger partial charge in [-0.3, -0.25) is 0 Å². The number of rotatable bonds is 2. The summed E-state index contributed by atoms with van der Waals surface area (Å²) in [5.74, 6) is 0. The van der Waals surface area contributed by atoms with E-state index in [2.05, 4.69) is 24.4 Å². The molecule has 0 saturated heterocycles. The summed E-state index contributed by atoms with van der Waals surface area (Å²) in [6.45, 7) is 8.52. The Morgan fingerprint density at radius 2 is 1.64 bits per heavy atom. The Kier molecular flexibility index (Phi) is 15.4. The van der Waals surface area contributed by atoms with E-state index in [1.807, 2.05) is 32.0 Å². The molecule has 0 spiro atoms. The summed E-state index contributed by atoms with van der Waals surface area (Å²) in [7, 11) is 0. The van der Waals surface area contributed by atoms with Crippen LogP contribution in [0.5, 0.6) is 0 Å². The Hall–Kier alpha value is -1.31. The number of para-hydroxylation sites is 1. The van der Waals surface area contributed by atoms with Gasteiger partial charge in [-0.05, 0) is 26.0 Å². The maximum absolute atomic E-state index is 8.81. The molecule has 1 N–H and O–H groups in total. The Morgan fingerprint density at radius 3 is 2.00 bits per heavy atom. The molecule has 0 radical (unpaired) electrons. The molecule has 0 unspecified atom stereocenters. The van der Waals surface area contributed by atoms with Crippen LogP contribution >= 0.6 is 0 Å². The van der Waals surface area contributed by atoms with Crippen molar-refractivity contribution in [1.29, 1.82) is 0 Å². The zero-order valence-corrected chi connectivity index (χ0v) is 9.58. The van der Waals surface area contributed by atoms with Crippen molar-refractivity contribution in [3.05, 3.63) is 30.3 Å². The molecule has 0 heterocycles. The van der Waals surface area contributed by atoms with Crippen LogP contribution in [-0.4, -0.2) is 12.8 Å². The first-order chi connectivity index (χ1) is 6.85. The molecule has 1 aromatic rings. The van der Waals surface area contributed by atoms with Gasteiger partial charge in [0.2, 0.25) is 0 Å². The minimum atomic E-state index is 0.750. The average Bonchev–Trinajstić information content (AvgIpc) is 2.24. The molecule has 0 aliphatic heterocycles. The van der Waals surface area contributed by atoms with Gasteiger partial charge in [-0.15, -0.1) is 0 Å². The van der Waals surface area contributed by atoms with Crippen molar-refractivity contribution in [3.63, 3.8) is 0 Å². The summed E-state index contributed by atoms with van der Waals surface area (Å²) in [5, 5.41) is 3.21. The fourth-order valence-corrected chi connectivity index (χ4v) is 0.760. The topological polar surface area (TPSA) is 29.1 Å². The molecule has 0 amide bonds. The van der Waals surface area contributed by atoms with Gasteiger partial charge < -0.3 is 10.1 Å². The minimum absolute atomic E-state index is 0.750. The van der Waals surface area contributed by atoms with Crippen LogP contribution in [0, 0.1) is 0 Å². The molecule has 0 bridgehead atoms. The highest BCUT2D eigenvalue weighted by Crippen LogP contribution is 2.02. The first kappa shape index (κ1) is 15.2. The average molecular weight is 195 g/mol. The van der Waals surface area contributed by atoms with E-state index in [-0.39, 0.29) is 0 Å². The van der Waals surface area contributed by atoms with Crippen LogP contribution in [0.1, 0.15) is 27.7 Å².